The van der Waals surface area contributed by atoms with Gasteiger partial charge < -0.3 is 19.4 Å². The first-order chi connectivity index (χ1) is 11.2. The third kappa shape index (κ3) is 3.70. The summed E-state index contributed by atoms with van der Waals surface area (Å²) in [5, 5.41) is 0.684. The predicted octanol–water partition coefficient (Wildman–Crippen LogP) is 2.09. The summed E-state index contributed by atoms with van der Waals surface area (Å²) in [5.74, 6) is 0. The number of carbonyl (C=O) groups excluding carboxylic acids is 1. The molecule has 0 unspecified atom stereocenters. The van der Waals surface area contributed by atoms with Crippen LogP contribution in [-0.4, -0.2) is 73.3 Å². The molecule has 2 amide bonds. The molecule has 0 atom stereocenters. The van der Waals surface area contributed by atoms with Gasteiger partial charge in [0.05, 0.1) is 23.9 Å². The van der Waals surface area contributed by atoms with E-state index < -0.39 is 0 Å². The Hall–Kier alpha value is -1.53. The highest BCUT2D eigenvalue weighted by Gasteiger charge is 2.29. The number of piperidine rings is 1. The number of aromatic nitrogens is 1. The summed E-state index contributed by atoms with van der Waals surface area (Å²) in [6.45, 7) is 4.45. The fourth-order valence-electron chi connectivity index (χ4n) is 3.25. The lowest BCUT2D eigenvalue weighted by Crippen LogP contribution is -2.52. The van der Waals surface area contributed by atoms with Crippen molar-refractivity contribution < 1.29 is 9.53 Å². The number of pyridine rings is 1. The molecular formula is C16H23ClN4O2. The van der Waals surface area contributed by atoms with E-state index in [-0.39, 0.29) is 12.1 Å². The van der Waals surface area contributed by atoms with Gasteiger partial charge in [-0.3, -0.25) is 4.98 Å². The molecule has 6 nitrogen and oxygen atoms in total. The van der Waals surface area contributed by atoms with Gasteiger partial charge in [0.1, 0.15) is 0 Å². The number of anilines is 1. The van der Waals surface area contributed by atoms with Crippen LogP contribution < -0.4 is 4.90 Å². The quantitative estimate of drug-likeness (QED) is 0.828. The minimum Gasteiger partial charge on any atom is -0.378 e. The van der Waals surface area contributed by atoms with Crippen LogP contribution >= 0.6 is 11.6 Å². The number of rotatable bonds is 2. The molecule has 1 aromatic rings. The molecule has 1 aromatic heterocycles. The second kappa shape index (κ2) is 7.36. The third-order valence-corrected chi connectivity index (χ3v) is 4.98. The number of urea groups is 1. The van der Waals surface area contributed by atoms with Gasteiger partial charge in [0.25, 0.3) is 0 Å². The van der Waals surface area contributed by atoms with Gasteiger partial charge in [-0.05, 0) is 18.9 Å². The molecule has 0 bridgehead atoms. The lowest BCUT2D eigenvalue weighted by molar-refractivity contribution is 0.0409. The van der Waals surface area contributed by atoms with E-state index >= 15 is 0 Å². The van der Waals surface area contributed by atoms with E-state index in [9.17, 15) is 4.79 Å². The van der Waals surface area contributed by atoms with E-state index in [1.54, 1.807) is 12.4 Å². The molecule has 0 aliphatic carbocycles. The summed E-state index contributed by atoms with van der Waals surface area (Å²) in [6.07, 6.45) is 5.34. The fraction of sp³-hybridized carbons (Fsp3) is 0.625. The number of hydrogen-bond acceptors (Lipinski definition) is 4. The maximum Gasteiger partial charge on any atom is 0.320 e. The number of ether oxygens (including phenoxy) is 1. The van der Waals surface area contributed by atoms with Crippen molar-refractivity contribution in [2.45, 2.75) is 18.9 Å². The summed E-state index contributed by atoms with van der Waals surface area (Å²) < 4.78 is 5.31. The molecule has 2 fully saturated rings. The molecular weight excluding hydrogens is 316 g/mol. The molecule has 0 aromatic carbocycles. The molecule has 126 valence electrons. The summed E-state index contributed by atoms with van der Waals surface area (Å²) in [6, 6.07) is 2.35. The molecule has 2 saturated heterocycles. The van der Waals surface area contributed by atoms with Gasteiger partial charge in [-0.2, -0.15) is 0 Å². The number of amides is 2. The van der Waals surface area contributed by atoms with Crippen molar-refractivity contribution in [1.82, 2.24) is 14.8 Å². The molecule has 3 heterocycles. The van der Waals surface area contributed by atoms with Crippen molar-refractivity contribution in [3.8, 4) is 0 Å². The van der Waals surface area contributed by atoms with E-state index in [1.165, 1.54) is 0 Å². The summed E-state index contributed by atoms with van der Waals surface area (Å²) in [4.78, 5) is 22.6. The van der Waals surface area contributed by atoms with Gasteiger partial charge in [-0.1, -0.05) is 11.6 Å². The zero-order valence-electron chi connectivity index (χ0n) is 13.4. The van der Waals surface area contributed by atoms with E-state index in [2.05, 4.69) is 9.88 Å². The SMILES string of the molecule is CN(C(=O)N1CCOCC1)C1CCN(c2ccncc2Cl)CC1. The van der Waals surface area contributed by atoms with Crippen LogP contribution in [0.25, 0.3) is 0 Å². The minimum atomic E-state index is 0.119. The van der Waals surface area contributed by atoms with Crippen LogP contribution in [0.2, 0.25) is 5.02 Å². The molecule has 7 heteroatoms. The second-order valence-corrected chi connectivity index (χ2v) is 6.45. The fourth-order valence-corrected chi connectivity index (χ4v) is 3.49. The Morgan fingerprint density at radius 3 is 2.65 bits per heavy atom. The smallest absolute Gasteiger partial charge is 0.320 e. The standard InChI is InChI=1S/C16H23ClN4O2/c1-19(16(22)21-8-10-23-11-9-21)13-3-6-20(7-4-13)15-2-5-18-12-14(15)17/h2,5,12-13H,3-4,6-11H2,1H3. The molecule has 2 aliphatic rings. The average Bonchev–Trinajstić information content (AvgIpc) is 2.62. The lowest BCUT2D eigenvalue weighted by atomic mass is 10.0. The normalized spacial score (nSPS) is 19.7. The van der Waals surface area contributed by atoms with Crippen molar-refractivity contribution in [3.63, 3.8) is 0 Å². The number of nitrogens with zero attached hydrogens (tertiary/aromatic N) is 4. The van der Waals surface area contributed by atoms with Crippen LogP contribution in [0.1, 0.15) is 12.8 Å². The van der Waals surface area contributed by atoms with Crippen molar-refractivity contribution in [2.24, 2.45) is 0 Å². The number of halogens is 1. The van der Waals surface area contributed by atoms with Crippen LogP contribution in [-0.2, 0) is 4.74 Å². The third-order valence-electron chi connectivity index (χ3n) is 4.69. The Morgan fingerprint density at radius 1 is 1.30 bits per heavy atom. The molecule has 2 aliphatic heterocycles. The highest BCUT2D eigenvalue weighted by atomic mass is 35.5. The monoisotopic (exact) mass is 338 g/mol. The average molecular weight is 339 g/mol. The Bertz CT molecular complexity index is 543. The van der Waals surface area contributed by atoms with Gasteiger partial charge in [0.15, 0.2) is 0 Å². The van der Waals surface area contributed by atoms with Gasteiger partial charge in [-0.25, -0.2) is 4.79 Å². The lowest BCUT2D eigenvalue weighted by Gasteiger charge is -2.40. The number of carbonyl (C=O) groups is 1. The Kier molecular flexibility index (Phi) is 5.23. The molecule has 3 rings (SSSR count). The Labute approximate surface area is 142 Å². The van der Waals surface area contributed by atoms with E-state index in [4.69, 9.17) is 16.3 Å². The zero-order valence-corrected chi connectivity index (χ0v) is 14.2. The predicted molar refractivity (Wildman–Crippen MR) is 90.0 cm³/mol. The first kappa shape index (κ1) is 16.3. The first-order valence-electron chi connectivity index (χ1n) is 8.11. The Balaban J connectivity index is 1.56. The summed E-state index contributed by atoms with van der Waals surface area (Å²) >= 11 is 6.22. The summed E-state index contributed by atoms with van der Waals surface area (Å²) in [5.41, 5.74) is 1.03. The van der Waals surface area contributed by atoms with Gasteiger partial charge in [0.2, 0.25) is 0 Å². The second-order valence-electron chi connectivity index (χ2n) is 6.04. The van der Waals surface area contributed by atoms with E-state index in [1.807, 2.05) is 22.9 Å². The van der Waals surface area contributed by atoms with E-state index in [0.29, 0.717) is 31.3 Å². The van der Waals surface area contributed by atoms with Crippen LogP contribution in [0.3, 0.4) is 0 Å². The van der Waals surface area contributed by atoms with Crippen molar-refractivity contribution in [1.29, 1.82) is 0 Å². The largest absolute Gasteiger partial charge is 0.378 e. The van der Waals surface area contributed by atoms with Crippen LogP contribution in [0.4, 0.5) is 10.5 Å². The maximum absolute atomic E-state index is 12.6. The zero-order chi connectivity index (χ0) is 16.2. The highest BCUT2D eigenvalue weighted by Crippen LogP contribution is 2.28. The molecule has 0 radical (unpaired) electrons. The van der Waals surface area contributed by atoms with E-state index in [0.717, 1.165) is 31.6 Å². The Morgan fingerprint density at radius 2 is 2.00 bits per heavy atom. The molecule has 0 saturated carbocycles. The molecule has 0 spiro atoms. The van der Waals surface area contributed by atoms with Crippen molar-refractivity contribution in [2.75, 3.05) is 51.3 Å². The van der Waals surface area contributed by atoms with Crippen LogP contribution in [0.5, 0.6) is 0 Å². The first-order valence-corrected chi connectivity index (χ1v) is 8.48. The molecule has 0 N–H and O–H groups in total. The van der Waals surface area contributed by atoms with Crippen LogP contribution in [0.15, 0.2) is 18.5 Å². The molecule has 23 heavy (non-hydrogen) atoms. The summed E-state index contributed by atoms with van der Waals surface area (Å²) in [7, 11) is 1.91. The maximum atomic E-state index is 12.6. The topological polar surface area (TPSA) is 48.9 Å². The minimum absolute atomic E-state index is 0.119. The van der Waals surface area contributed by atoms with Gasteiger partial charge >= 0.3 is 6.03 Å². The van der Waals surface area contributed by atoms with Gasteiger partial charge in [-0.15, -0.1) is 0 Å². The van der Waals surface area contributed by atoms with Crippen molar-refractivity contribution >= 4 is 23.3 Å². The van der Waals surface area contributed by atoms with Crippen molar-refractivity contribution in [3.05, 3.63) is 23.5 Å². The number of morpholine rings is 1. The highest BCUT2D eigenvalue weighted by molar-refractivity contribution is 6.33. The van der Waals surface area contributed by atoms with Crippen LogP contribution in [0, 0.1) is 0 Å². The van der Waals surface area contributed by atoms with Gasteiger partial charge in [0, 0.05) is 51.7 Å². The number of hydrogen-bond donors (Lipinski definition) is 0.